The minimum atomic E-state index is -2.58. The number of hydrogen-bond acceptors (Lipinski definition) is 4. The first kappa shape index (κ1) is 19.9. The van der Waals surface area contributed by atoms with Crippen LogP contribution in [0.3, 0.4) is 0 Å². The van der Waals surface area contributed by atoms with Gasteiger partial charge in [-0.1, -0.05) is 31.2 Å². The third kappa shape index (κ3) is 4.01. The highest BCUT2D eigenvalue weighted by molar-refractivity contribution is 7.40. The van der Waals surface area contributed by atoms with Crippen LogP contribution in [0.5, 0.6) is 0 Å². The molecule has 0 aliphatic heterocycles. The molecule has 4 rings (SSSR count). The van der Waals surface area contributed by atoms with Gasteiger partial charge in [0.25, 0.3) is 5.91 Å². The first-order valence-electron chi connectivity index (χ1n) is 9.46. The minimum absolute atomic E-state index is 0.239. The number of rotatable bonds is 6. The maximum atomic E-state index is 12.7. The number of anilines is 2. The standard InChI is InChI=1S/C22H23N2O3PS/c1-14-12-22(14,28(26)27)13-15-4-6-16(7-5-15)21(25)24-19-11-17(8-9-18(19)23)20-3-2-10-29-20/h2-11,14,28H,12-13,23H2,1H3,(H,24,25)(H,26,27). The van der Waals surface area contributed by atoms with Gasteiger partial charge in [-0.3, -0.25) is 9.36 Å². The molecule has 0 bridgehead atoms. The van der Waals surface area contributed by atoms with Gasteiger partial charge in [0.15, 0.2) is 8.03 Å². The van der Waals surface area contributed by atoms with Crippen molar-refractivity contribution in [2.75, 3.05) is 11.1 Å². The second-order valence-corrected chi connectivity index (χ2v) is 10.2. The molecule has 5 nitrogen and oxygen atoms in total. The average Bonchev–Trinajstić information content (AvgIpc) is 3.10. The van der Waals surface area contributed by atoms with E-state index in [1.165, 1.54) is 0 Å². The lowest BCUT2D eigenvalue weighted by Crippen LogP contribution is -2.14. The van der Waals surface area contributed by atoms with E-state index in [1.807, 2.05) is 48.7 Å². The Balaban J connectivity index is 1.48. The SMILES string of the molecule is CC1CC1(Cc1ccc(C(=O)Nc2cc(-c3cccs3)ccc2N)cc1)[PH](=O)O. The number of benzene rings is 2. The Bertz CT molecular complexity index is 1070. The monoisotopic (exact) mass is 426 g/mol. The van der Waals surface area contributed by atoms with E-state index < -0.39 is 13.2 Å². The van der Waals surface area contributed by atoms with Crippen molar-refractivity contribution in [3.63, 3.8) is 0 Å². The van der Waals surface area contributed by atoms with Crippen molar-refractivity contribution in [2.24, 2.45) is 5.92 Å². The fourth-order valence-electron chi connectivity index (χ4n) is 3.70. The number of nitrogens with two attached hydrogens (primary N) is 1. The fourth-order valence-corrected chi connectivity index (χ4v) is 5.68. The van der Waals surface area contributed by atoms with Gasteiger partial charge in [-0.25, -0.2) is 0 Å². The lowest BCUT2D eigenvalue weighted by atomic mass is 10.0. The molecule has 150 valence electrons. The number of carbonyl (C=O) groups excluding carboxylic acids is 1. The molecule has 3 aromatic rings. The summed E-state index contributed by atoms with van der Waals surface area (Å²) in [7, 11) is -2.58. The Hall–Kier alpha value is -2.40. The third-order valence-corrected chi connectivity index (χ3v) is 8.37. The maximum Gasteiger partial charge on any atom is 0.255 e. The molecule has 3 unspecified atom stereocenters. The van der Waals surface area contributed by atoms with Crippen molar-refractivity contribution < 1.29 is 14.3 Å². The molecule has 0 radical (unpaired) electrons. The van der Waals surface area contributed by atoms with Crippen LogP contribution in [0.15, 0.2) is 60.0 Å². The van der Waals surface area contributed by atoms with Crippen molar-refractivity contribution in [3.8, 4) is 10.4 Å². The van der Waals surface area contributed by atoms with Crippen LogP contribution in [0.4, 0.5) is 11.4 Å². The van der Waals surface area contributed by atoms with Crippen LogP contribution in [-0.2, 0) is 11.0 Å². The predicted molar refractivity (Wildman–Crippen MR) is 120 cm³/mol. The van der Waals surface area contributed by atoms with Crippen molar-refractivity contribution in [1.82, 2.24) is 0 Å². The molecule has 1 aliphatic rings. The summed E-state index contributed by atoms with van der Waals surface area (Å²) in [5.74, 6) is 0.0253. The molecule has 1 aromatic heterocycles. The quantitative estimate of drug-likeness (QED) is 0.380. The van der Waals surface area contributed by atoms with Crippen LogP contribution in [0.25, 0.3) is 10.4 Å². The van der Waals surface area contributed by atoms with Crippen LogP contribution in [0.2, 0.25) is 0 Å². The fraction of sp³-hybridized carbons (Fsp3) is 0.227. The molecular weight excluding hydrogens is 403 g/mol. The molecule has 7 heteroatoms. The predicted octanol–water partition coefficient (Wildman–Crippen LogP) is 5.04. The second kappa shape index (κ2) is 7.79. The zero-order chi connectivity index (χ0) is 20.6. The first-order valence-corrected chi connectivity index (χ1v) is 11.7. The Morgan fingerprint density at radius 1 is 1.28 bits per heavy atom. The normalized spacial score (nSPS) is 21.5. The molecule has 1 aliphatic carbocycles. The van der Waals surface area contributed by atoms with Gasteiger partial charge in [0, 0.05) is 10.4 Å². The molecule has 29 heavy (non-hydrogen) atoms. The molecule has 1 fully saturated rings. The molecular formula is C22H23N2O3PS. The van der Waals surface area contributed by atoms with E-state index in [9.17, 15) is 14.3 Å². The largest absolute Gasteiger partial charge is 0.397 e. The first-order chi connectivity index (χ1) is 13.9. The molecule has 1 amide bonds. The highest BCUT2D eigenvalue weighted by Gasteiger charge is 2.55. The van der Waals surface area contributed by atoms with Crippen molar-refractivity contribution in [3.05, 3.63) is 71.1 Å². The van der Waals surface area contributed by atoms with Gasteiger partial charge in [0.05, 0.1) is 16.5 Å². The Morgan fingerprint density at radius 3 is 2.59 bits per heavy atom. The highest BCUT2D eigenvalue weighted by Crippen LogP contribution is 2.61. The van der Waals surface area contributed by atoms with Gasteiger partial charge >= 0.3 is 0 Å². The summed E-state index contributed by atoms with van der Waals surface area (Å²) in [6.45, 7) is 2.01. The van der Waals surface area contributed by atoms with Gasteiger partial charge in [-0.15, -0.1) is 11.3 Å². The molecule has 0 spiro atoms. The van der Waals surface area contributed by atoms with Crippen LogP contribution < -0.4 is 11.1 Å². The van der Waals surface area contributed by atoms with Crippen LogP contribution in [0, 0.1) is 5.92 Å². The summed E-state index contributed by atoms with van der Waals surface area (Å²) in [5, 5.41) is 4.43. The Labute approximate surface area is 174 Å². The van der Waals surface area contributed by atoms with E-state index >= 15 is 0 Å². The zero-order valence-corrected chi connectivity index (χ0v) is 17.8. The van der Waals surface area contributed by atoms with E-state index in [4.69, 9.17) is 5.73 Å². The molecule has 0 saturated heterocycles. The summed E-state index contributed by atoms with van der Waals surface area (Å²) in [6, 6.07) is 16.8. The Kier molecular flexibility index (Phi) is 5.34. The highest BCUT2D eigenvalue weighted by atomic mass is 32.1. The summed E-state index contributed by atoms with van der Waals surface area (Å²) < 4.78 is 11.7. The van der Waals surface area contributed by atoms with Crippen LogP contribution >= 0.6 is 19.4 Å². The number of nitrogens with one attached hydrogen (secondary N) is 1. The zero-order valence-electron chi connectivity index (χ0n) is 16.0. The Morgan fingerprint density at radius 2 is 2.00 bits per heavy atom. The van der Waals surface area contributed by atoms with E-state index in [-0.39, 0.29) is 11.8 Å². The van der Waals surface area contributed by atoms with Gasteiger partial charge in [-0.2, -0.15) is 0 Å². The van der Waals surface area contributed by atoms with Crippen LogP contribution in [0.1, 0.15) is 29.3 Å². The van der Waals surface area contributed by atoms with Crippen molar-refractivity contribution >= 4 is 36.6 Å². The third-order valence-electron chi connectivity index (χ3n) is 5.72. The summed E-state index contributed by atoms with van der Waals surface area (Å²) in [5.41, 5.74) is 9.63. The molecule has 1 saturated carbocycles. The number of thiophene rings is 1. The van der Waals surface area contributed by atoms with E-state index in [2.05, 4.69) is 5.32 Å². The molecule has 4 N–H and O–H groups in total. The van der Waals surface area contributed by atoms with Crippen LogP contribution in [-0.4, -0.2) is 16.0 Å². The van der Waals surface area contributed by atoms with Gasteiger partial charge in [0.1, 0.15) is 0 Å². The van der Waals surface area contributed by atoms with Crippen molar-refractivity contribution in [1.29, 1.82) is 0 Å². The summed E-state index contributed by atoms with van der Waals surface area (Å²) in [4.78, 5) is 23.5. The van der Waals surface area contributed by atoms with Gasteiger partial charge < -0.3 is 15.9 Å². The number of amides is 1. The van der Waals surface area contributed by atoms with Gasteiger partial charge in [-0.05, 0) is 65.6 Å². The topological polar surface area (TPSA) is 92.4 Å². The lowest BCUT2D eigenvalue weighted by molar-refractivity contribution is 0.102. The lowest BCUT2D eigenvalue weighted by Gasteiger charge is -2.13. The minimum Gasteiger partial charge on any atom is -0.397 e. The van der Waals surface area contributed by atoms with Crippen molar-refractivity contribution in [2.45, 2.75) is 24.9 Å². The van der Waals surface area contributed by atoms with Gasteiger partial charge in [0.2, 0.25) is 0 Å². The van der Waals surface area contributed by atoms with E-state index in [0.717, 1.165) is 22.4 Å². The number of hydrogen-bond donors (Lipinski definition) is 3. The second-order valence-electron chi connectivity index (χ2n) is 7.67. The van der Waals surface area contributed by atoms with E-state index in [0.29, 0.717) is 23.4 Å². The molecule has 3 atom stereocenters. The molecule has 2 aromatic carbocycles. The molecule has 1 heterocycles. The number of nitrogen functional groups attached to an aromatic ring is 1. The summed E-state index contributed by atoms with van der Waals surface area (Å²) >= 11 is 1.63. The summed E-state index contributed by atoms with van der Waals surface area (Å²) in [6.07, 6.45) is 1.35. The van der Waals surface area contributed by atoms with E-state index in [1.54, 1.807) is 29.5 Å². The average molecular weight is 426 g/mol. The number of carbonyl (C=O) groups is 1. The maximum absolute atomic E-state index is 12.7. The smallest absolute Gasteiger partial charge is 0.255 e.